The highest BCUT2D eigenvalue weighted by Crippen LogP contribution is 2.36. The predicted molar refractivity (Wildman–Crippen MR) is 121 cm³/mol. The van der Waals surface area contributed by atoms with E-state index in [1.165, 1.54) is 23.8 Å². The van der Waals surface area contributed by atoms with Crippen LogP contribution in [0.25, 0.3) is 0 Å². The standard InChI is InChI=1S/C20H22N4O5S2.H2N2/c1-27-14-4-3-13(18(9-14)28-2)11-24(20-22-12-23-30-20)31(25,26)15-5-6-16-17(21)7-8-29-19(16)10-15;1-2/h3-6,9-10,12,17H,7-8,11,21H2,1-2H3;1-2H/p+1/t17-;/m0./s1. The third-order valence-corrected chi connectivity index (χ3v) is 7.57. The van der Waals surface area contributed by atoms with Crippen LogP contribution < -0.4 is 29.8 Å². The summed E-state index contributed by atoms with van der Waals surface area (Å²) in [6.07, 6.45) is 2.01. The van der Waals surface area contributed by atoms with Gasteiger partial charge in [-0.2, -0.15) is 9.90 Å². The minimum atomic E-state index is -3.98. The lowest BCUT2D eigenvalue weighted by molar-refractivity contribution is -0.249. The fraction of sp³-hybridized carbons (Fsp3) is 0.300. The lowest BCUT2D eigenvalue weighted by Crippen LogP contribution is -2.31. The molecule has 33 heavy (non-hydrogen) atoms. The molecule has 0 unspecified atom stereocenters. The molecule has 13 heteroatoms. The second-order valence-electron chi connectivity index (χ2n) is 6.86. The van der Waals surface area contributed by atoms with Gasteiger partial charge in [0.25, 0.3) is 10.0 Å². The van der Waals surface area contributed by atoms with Crippen LogP contribution in [0.5, 0.6) is 17.2 Å². The Balaban J connectivity index is 0.00000149. The van der Waals surface area contributed by atoms with Crippen molar-refractivity contribution < 1.29 is 28.2 Å². The zero-order valence-corrected chi connectivity index (χ0v) is 19.7. The van der Waals surface area contributed by atoms with Gasteiger partial charge in [0.2, 0.25) is 5.13 Å². The van der Waals surface area contributed by atoms with E-state index in [1.54, 1.807) is 37.4 Å². The molecule has 0 aliphatic carbocycles. The van der Waals surface area contributed by atoms with Gasteiger partial charge < -0.3 is 19.9 Å². The van der Waals surface area contributed by atoms with Gasteiger partial charge in [-0.05, 0) is 18.2 Å². The van der Waals surface area contributed by atoms with E-state index in [9.17, 15) is 8.42 Å². The zero-order valence-electron chi connectivity index (χ0n) is 18.1. The van der Waals surface area contributed by atoms with Gasteiger partial charge in [-0.15, -0.1) is 0 Å². The van der Waals surface area contributed by atoms with E-state index in [4.69, 9.17) is 25.5 Å². The molecule has 0 bridgehead atoms. The summed E-state index contributed by atoms with van der Waals surface area (Å²) in [5, 5.41) is 0.244. The SMILES string of the molecule is COc1ccc(CN(c2ncns2)S(=O)(=O)c2ccc3c(c2)OCC[C@@H]3N)c(OC)c1.N=[NH2+]. The number of nitrogens with one attached hydrogen (secondary N) is 1. The molecule has 0 saturated heterocycles. The molecule has 1 aliphatic rings. The second kappa shape index (κ2) is 10.6. The van der Waals surface area contributed by atoms with Crippen LogP contribution in [0.4, 0.5) is 5.13 Å². The van der Waals surface area contributed by atoms with E-state index in [1.807, 2.05) is 0 Å². The molecular formula is C20H25N6O5S2+. The summed E-state index contributed by atoms with van der Waals surface area (Å²) >= 11 is 0.991. The largest absolute Gasteiger partial charge is 0.497 e. The average molecular weight is 494 g/mol. The highest BCUT2D eigenvalue weighted by Gasteiger charge is 2.30. The topological polar surface area (TPSA) is 166 Å². The molecule has 2 aromatic carbocycles. The molecule has 3 aromatic rings. The summed E-state index contributed by atoms with van der Waals surface area (Å²) in [6.45, 7) is 0.447. The highest BCUT2D eigenvalue weighted by atomic mass is 32.2. The summed E-state index contributed by atoms with van der Waals surface area (Å²) in [7, 11) is -0.908. The van der Waals surface area contributed by atoms with Crippen LogP contribution in [-0.2, 0) is 16.6 Å². The number of aromatic nitrogens is 2. The third kappa shape index (κ3) is 5.05. The van der Waals surface area contributed by atoms with Crippen LogP contribution in [0.1, 0.15) is 23.6 Å². The summed E-state index contributed by atoms with van der Waals surface area (Å²) in [6, 6.07) is 9.80. The molecule has 176 valence electrons. The van der Waals surface area contributed by atoms with E-state index in [0.29, 0.717) is 35.8 Å². The maximum Gasteiger partial charge on any atom is 0.266 e. The van der Waals surface area contributed by atoms with Crippen molar-refractivity contribution in [2.45, 2.75) is 23.9 Å². The Bertz CT molecular complexity index is 1190. The summed E-state index contributed by atoms with van der Waals surface area (Å²) < 4.78 is 48.8. The zero-order chi connectivity index (χ0) is 24.0. The van der Waals surface area contributed by atoms with Crippen molar-refractivity contribution in [2.75, 3.05) is 25.1 Å². The van der Waals surface area contributed by atoms with E-state index in [-0.39, 0.29) is 22.6 Å². The number of hydrogen-bond donors (Lipinski definition) is 3. The predicted octanol–water partition coefficient (Wildman–Crippen LogP) is 1.51. The Morgan fingerprint density at radius 3 is 2.70 bits per heavy atom. The van der Waals surface area contributed by atoms with Crippen molar-refractivity contribution in [3.05, 3.63) is 53.9 Å². The van der Waals surface area contributed by atoms with E-state index >= 15 is 0 Å². The lowest BCUT2D eigenvalue weighted by Gasteiger charge is -2.25. The minimum absolute atomic E-state index is 0.00213. The molecule has 1 aromatic heterocycles. The molecule has 0 radical (unpaired) electrons. The average Bonchev–Trinajstić information content (AvgIpc) is 3.38. The number of nitrogens with zero attached hydrogens (tertiary/aromatic N) is 3. The van der Waals surface area contributed by atoms with Gasteiger partial charge in [0.15, 0.2) is 0 Å². The fourth-order valence-electron chi connectivity index (χ4n) is 3.35. The van der Waals surface area contributed by atoms with E-state index in [0.717, 1.165) is 17.1 Å². The number of rotatable bonds is 7. The Morgan fingerprint density at radius 2 is 2.03 bits per heavy atom. The smallest absolute Gasteiger partial charge is 0.266 e. The van der Waals surface area contributed by atoms with Gasteiger partial charge in [-0.3, -0.25) is 0 Å². The molecule has 5 N–H and O–H groups in total. The van der Waals surface area contributed by atoms with Gasteiger partial charge in [0.1, 0.15) is 23.6 Å². The lowest BCUT2D eigenvalue weighted by atomic mass is 10.0. The number of methoxy groups -OCH3 is 2. The van der Waals surface area contributed by atoms with Crippen LogP contribution in [0.15, 0.2) is 47.6 Å². The van der Waals surface area contributed by atoms with Crippen molar-refractivity contribution in [3.63, 3.8) is 0 Å². The molecule has 0 spiro atoms. The summed E-state index contributed by atoms with van der Waals surface area (Å²) in [5.74, 6) is 1.59. The normalized spacial score (nSPS) is 14.8. The third-order valence-electron chi connectivity index (χ3n) is 5.03. The molecule has 11 nitrogen and oxygen atoms in total. The monoisotopic (exact) mass is 493 g/mol. The maximum absolute atomic E-state index is 13.6. The summed E-state index contributed by atoms with van der Waals surface area (Å²) in [4.78, 5) is 4.22. The Labute approximate surface area is 195 Å². The molecule has 0 amide bonds. The van der Waals surface area contributed by atoms with Crippen molar-refractivity contribution in [1.29, 1.82) is 5.53 Å². The van der Waals surface area contributed by atoms with Crippen LogP contribution in [0.3, 0.4) is 0 Å². The quantitative estimate of drug-likeness (QED) is 0.416. The number of sulfonamides is 1. The van der Waals surface area contributed by atoms with Crippen LogP contribution in [0, 0.1) is 5.53 Å². The minimum Gasteiger partial charge on any atom is -0.497 e. The first-order chi connectivity index (χ1) is 15.9. The maximum atomic E-state index is 13.6. The van der Waals surface area contributed by atoms with Crippen LogP contribution in [-0.4, -0.2) is 38.6 Å². The molecule has 0 saturated carbocycles. The molecular weight excluding hydrogens is 468 g/mol. The van der Waals surface area contributed by atoms with Gasteiger partial charge in [0, 0.05) is 47.3 Å². The van der Waals surface area contributed by atoms with Gasteiger partial charge in [-0.1, -0.05) is 11.6 Å². The number of anilines is 1. The van der Waals surface area contributed by atoms with Crippen molar-refractivity contribution in [1.82, 2.24) is 9.36 Å². The number of fused-ring (bicyclic) bond motifs is 1. The molecule has 1 atom stereocenters. The number of benzene rings is 2. The molecule has 4 rings (SSSR count). The van der Waals surface area contributed by atoms with Crippen LogP contribution in [0.2, 0.25) is 0 Å². The summed E-state index contributed by atoms with van der Waals surface area (Å²) in [5.41, 5.74) is 16.6. The van der Waals surface area contributed by atoms with E-state index in [2.05, 4.69) is 14.9 Å². The van der Waals surface area contributed by atoms with Gasteiger partial charge in [-0.25, -0.2) is 17.7 Å². The number of hydrogen-bond acceptors (Lipinski definition) is 10. The van der Waals surface area contributed by atoms with Crippen molar-refractivity contribution in [2.24, 2.45) is 5.73 Å². The molecule has 2 heterocycles. The Kier molecular flexibility index (Phi) is 7.79. The van der Waals surface area contributed by atoms with Gasteiger partial charge in [0.05, 0.1) is 32.3 Å². The second-order valence-corrected chi connectivity index (χ2v) is 9.48. The first kappa shape index (κ1) is 24.4. The molecule has 0 fully saturated rings. The first-order valence-corrected chi connectivity index (χ1v) is 12.0. The fourth-order valence-corrected chi connectivity index (χ4v) is 5.50. The number of ether oxygens (including phenoxy) is 3. The Hall–Kier alpha value is -3.29. The highest BCUT2D eigenvalue weighted by molar-refractivity contribution is 7.93. The first-order valence-electron chi connectivity index (χ1n) is 9.75. The molecule has 1 aliphatic heterocycles. The Morgan fingerprint density at radius 1 is 1.24 bits per heavy atom. The van der Waals surface area contributed by atoms with Crippen molar-refractivity contribution in [3.8, 4) is 17.2 Å². The van der Waals surface area contributed by atoms with Crippen molar-refractivity contribution >= 4 is 26.7 Å². The van der Waals surface area contributed by atoms with Gasteiger partial charge >= 0.3 is 0 Å². The number of nitrogens with two attached hydrogens (primary N) is 2. The van der Waals surface area contributed by atoms with E-state index < -0.39 is 10.0 Å². The van der Waals surface area contributed by atoms with Crippen LogP contribution >= 0.6 is 11.5 Å².